The summed E-state index contributed by atoms with van der Waals surface area (Å²) in [5.41, 5.74) is 20.0. The van der Waals surface area contributed by atoms with Crippen molar-refractivity contribution in [2.24, 2.45) is 5.92 Å². The minimum Gasteiger partial charge on any atom is -0.460 e. The SMILES string of the molecule is C=C(c1ccc2c3c(oc2c1)C1CC1C=C3)C1c2ccccc2-c2cc(-c3cccc(C4=CC=C(N(c5ccccc5)c5ccc6c(c5)oc5ccccc56)CC4)c3)ccc21. The maximum Gasteiger partial charge on any atom is 0.137 e. The molecule has 0 bridgehead atoms. The highest BCUT2D eigenvalue weighted by atomic mass is 16.3. The van der Waals surface area contributed by atoms with Gasteiger partial charge in [-0.05, 0) is 142 Å². The minimum atomic E-state index is 0.0748. The van der Waals surface area contributed by atoms with E-state index in [2.05, 4.69) is 175 Å². The summed E-state index contributed by atoms with van der Waals surface area (Å²) < 4.78 is 12.9. The van der Waals surface area contributed by atoms with Crippen molar-refractivity contribution in [1.82, 2.24) is 0 Å². The Morgan fingerprint density at radius 1 is 0.557 bits per heavy atom. The molecule has 0 spiro atoms. The normalized spacial score (nSPS) is 18.3. The molecule has 4 aliphatic rings. The van der Waals surface area contributed by atoms with Crippen LogP contribution in [0.3, 0.4) is 0 Å². The second kappa shape index (κ2) is 13.3. The highest BCUT2D eigenvalue weighted by Crippen LogP contribution is 2.56. The summed E-state index contributed by atoms with van der Waals surface area (Å²) in [6.07, 6.45) is 12.3. The maximum absolute atomic E-state index is 6.52. The number of fused-ring (bicyclic) bond motifs is 11. The monoisotopic (exact) mass is 783 g/mol. The van der Waals surface area contributed by atoms with Crippen molar-refractivity contribution in [3.8, 4) is 22.3 Å². The van der Waals surface area contributed by atoms with Crippen LogP contribution in [0.25, 0.3) is 72.4 Å². The van der Waals surface area contributed by atoms with Gasteiger partial charge in [0.15, 0.2) is 0 Å². The smallest absolute Gasteiger partial charge is 0.137 e. The van der Waals surface area contributed by atoms with Gasteiger partial charge in [-0.15, -0.1) is 0 Å². The van der Waals surface area contributed by atoms with Crippen molar-refractivity contribution in [3.05, 3.63) is 222 Å². The number of hydrogen-bond donors (Lipinski definition) is 0. The molecule has 3 unspecified atom stereocenters. The lowest BCUT2D eigenvalue weighted by Gasteiger charge is -2.30. The van der Waals surface area contributed by atoms with Gasteiger partial charge in [0.2, 0.25) is 0 Å². The molecule has 3 atom stereocenters. The summed E-state index contributed by atoms with van der Waals surface area (Å²) in [4.78, 5) is 2.38. The van der Waals surface area contributed by atoms with Crippen LogP contribution in [-0.4, -0.2) is 0 Å². The highest BCUT2D eigenvalue weighted by molar-refractivity contribution is 6.06. The first-order valence-electron chi connectivity index (χ1n) is 21.6. The number of hydrogen-bond acceptors (Lipinski definition) is 3. The summed E-state index contributed by atoms with van der Waals surface area (Å²) in [6.45, 7) is 4.76. The summed E-state index contributed by atoms with van der Waals surface area (Å²) in [5, 5.41) is 3.49. The number of furan rings is 2. The quantitative estimate of drug-likeness (QED) is 0.161. The Balaban J connectivity index is 0.815. The van der Waals surface area contributed by atoms with E-state index in [-0.39, 0.29) is 5.92 Å². The van der Waals surface area contributed by atoms with Crippen molar-refractivity contribution in [3.63, 3.8) is 0 Å². The molecule has 0 N–H and O–H groups in total. The van der Waals surface area contributed by atoms with Gasteiger partial charge >= 0.3 is 0 Å². The lowest BCUT2D eigenvalue weighted by molar-refractivity contribution is 0.544. The molecular weight excluding hydrogens is 743 g/mol. The van der Waals surface area contributed by atoms with Crippen molar-refractivity contribution >= 4 is 61.5 Å². The molecule has 3 heteroatoms. The van der Waals surface area contributed by atoms with Crippen LogP contribution in [0.2, 0.25) is 0 Å². The van der Waals surface area contributed by atoms with Gasteiger partial charge in [-0.2, -0.15) is 0 Å². The second-order valence-electron chi connectivity index (χ2n) is 17.2. The van der Waals surface area contributed by atoms with Crippen molar-refractivity contribution in [2.45, 2.75) is 31.1 Å². The topological polar surface area (TPSA) is 29.5 Å². The lowest BCUT2D eigenvalue weighted by atomic mass is 9.85. The van der Waals surface area contributed by atoms with Gasteiger partial charge in [0.25, 0.3) is 0 Å². The summed E-state index contributed by atoms with van der Waals surface area (Å²) in [5.74, 6) is 2.46. The number of allylic oxidation sites excluding steroid dienone is 6. The Hall–Kier alpha value is -7.36. The minimum absolute atomic E-state index is 0.0748. The standard InChI is InChI=1S/C58H41NO2/c1-35(37-20-26-48-51-28-22-41-32-52(41)58(51)61-55(48)33-37)57-49-16-6-5-14-45(49)53-31-40(21-27-50(53)57)39-11-9-10-38(30-39)36-18-23-43(24-19-36)59(42-12-3-2-4-13-42)44-25-29-47-46-15-7-8-17-54(46)60-56(47)34-44/h2-18,20-23,25-31,33-34,41,52,57H,1,19,24,32H2. The molecule has 1 fully saturated rings. The molecule has 290 valence electrons. The van der Waals surface area contributed by atoms with E-state index < -0.39 is 0 Å². The van der Waals surface area contributed by atoms with E-state index in [9.17, 15) is 0 Å². The molecule has 4 aliphatic carbocycles. The van der Waals surface area contributed by atoms with Gasteiger partial charge in [0, 0.05) is 56.7 Å². The van der Waals surface area contributed by atoms with Crippen LogP contribution in [0.15, 0.2) is 197 Å². The molecule has 3 nitrogen and oxygen atoms in total. The van der Waals surface area contributed by atoms with Crippen molar-refractivity contribution in [2.75, 3.05) is 4.90 Å². The Labute approximate surface area is 354 Å². The van der Waals surface area contributed by atoms with Gasteiger partial charge in [-0.25, -0.2) is 0 Å². The molecule has 61 heavy (non-hydrogen) atoms. The Morgan fingerprint density at radius 3 is 2.26 bits per heavy atom. The van der Waals surface area contributed by atoms with Gasteiger partial charge in [0.1, 0.15) is 22.5 Å². The zero-order valence-electron chi connectivity index (χ0n) is 33.6. The van der Waals surface area contributed by atoms with Crippen LogP contribution < -0.4 is 4.90 Å². The zero-order valence-corrected chi connectivity index (χ0v) is 33.6. The average Bonchev–Trinajstić information content (AvgIpc) is 3.73. The van der Waals surface area contributed by atoms with E-state index in [0.717, 1.165) is 62.9 Å². The van der Waals surface area contributed by atoms with E-state index >= 15 is 0 Å². The van der Waals surface area contributed by atoms with Crippen LogP contribution in [0.5, 0.6) is 0 Å². The van der Waals surface area contributed by atoms with Gasteiger partial charge in [0.05, 0.1) is 0 Å². The number of anilines is 2. The first-order valence-corrected chi connectivity index (χ1v) is 21.6. The number of para-hydroxylation sites is 2. The predicted molar refractivity (Wildman–Crippen MR) is 252 cm³/mol. The van der Waals surface area contributed by atoms with Crippen molar-refractivity contribution < 1.29 is 8.83 Å². The van der Waals surface area contributed by atoms with Gasteiger partial charge < -0.3 is 13.7 Å². The molecule has 1 saturated carbocycles. The van der Waals surface area contributed by atoms with E-state index in [1.807, 2.05) is 12.1 Å². The van der Waals surface area contributed by atoms with E-state index in [0.29, 0.717) is 11.8 Å². The summed E-state index contributed by atoms with van der Waals surface area (Å²) in [6, 6.07) is 57.2. The van der Waals surface area contributed by atoms with Crippen molar-refractivity contribution in [1.29, 1.82) is 0 Å². The maximum atomic E-state index is 6.52. The van der Waals surface area contributed by atoms with Crippen LogP contribution in [0, 0.1) is 5.92 Å². The number of rotatable bonds is 7. The Bertz CT molecular complexity index is 3390. The highest BCUT2D eigenvalue weighted by Gasteiger charge is 2.43. The first-order chi connectivity index (χ1) is 30.1. The number of nitrogens with zero attached hydrogens (tertiary/aromatic N) is 1. The third kappa shape index (κ3) is 5.50. The van der Waals surface area contributed by atoms with E-state index in [1.165, 1.54) is 73.3 Å². The predicted octanol–water partition coefficient (Wildman–Crippen LogP) is 15.9. The molecule has 0 saturated heterocycles. The van der Waals surface area contributed by atoms with E-state index in [4.69, 9.17) is 15.4 Å². The van der Waals surface area contributed by atoms with Gasteiger partial charge in [-0.3, -0.25) is 0 Å². The van der Waals surface area contributed by atoms with Crippen LogP contribution in [0.4, 0.5) is 11.4 Å². The summed E-state index contributed by atoms with van der Waals surface area (Å²) in [7, 11) is 0. The molecular formula is C58H41NO2. The summed E-state index contributed by atoms with van der Waals surface area (Å²) >= 11 is 0. The molecule has 13 rings (SSSR count). The molecule has 2 heterocycles. The molecule has 9 aromatic rings. The lowest BCUT2D eigenvalue weighted by Crippen LogP contribution is -2.17. The molecule has 2 aromatic heterocycles. The van der Waals surface area contributed by atoms with E-state index in [1.54, 1.807) is 0 Å². The average molecular weight is 784 g/mol. The fourth-order valence-corrected chi connectivity index (χ4v) is 10.5. The molecule has 0 aliphatic heterocycles. The zero-order chi connectivity index (χ0) is 40.2. The molecule has 0 radical (unpaired) electrons. The Kier molecular flexibility index (Phi) is 7.54. The van der Waals surface area contributed by atoms with Crippen LogP contribution >= 0.6 is 0 Å². The molecule has 0 amide bonds. The Morgan fingerprint density at radius 2 is 1.34 bits per heavy atom. The third-order valence-electron chi connectivity index (χ3n) is 13.7. The molecule has 7 aromatic carbocycles. The van der Waals surface area contributed by atoms with Crippen LogP contribution in [-0.2, 0) is 0 Å². The first kappa shape index (κ1) is 34.5. The second-order valence-corrected chi connectivity index (χ2v) is 17.2. The van der Waals surface area contributed by atoms with Crippen LogP contribution in [0.1, 0.15) is 64.7 Å². The largest absolute Gasteiger partial charge is 0.460 e. The number of benzene rings is 7. The fourth-order valence-electron chi connectivity index (χ4n) is 10.5. The van der Waals surface area contributed by atoms with Gasteiger partial charge in [-0.1, -0.05) is 122 Å². The third-order valence-corrected chi connectivity index (χ3v) is 13.7. The fraction of sp³-hybridized carbons (Fsp3) is 0.103.